The SMILES string of the molecule is Nc1cccc(OB(O)O)c1.O=S(=O)(O)O. The number of hydrogen-bond acceptors (Lipinski definition) is 6. The zero-order chi connectivity index (χ0) is 12.8. The summed E-state index contributed by atoms with van der Waals surface area (Å²) in [7, 11) is -6.46. The number of anilines is 1. The van der Waals surface area contributed by atoms with Crippen molar-refractivity contribution in [3.05, 3.63) is 24.3 Å². The molecule has 0 heterocycles. The average Bonchev–Trinajstić information content (AvgIpc) is 1.98. The Bertz CT molecular complexity index is 413. The molecule has 0 saturated heterocycles. The normalized spacial score (nSPS) is 10.0. The van der Waals surface area contributed by atoms with Gasteiger partial charge in [-0.25, -0.2) is 0 Å². The third-order valence-corrected chi connectivity index (χ3v) is 1.10. The second-order valence-electron chi connectivity index (χ2n) is 2.46. The van der Waals surface area contributed by atoms with E-state index in [0.29, 0.717) is 11.4 Å². The molecule has 8 nitrogen and oxygen atoms in total. The Morgan fingerprint density at radius 2 is 1.75 bits per heavy atom. The van der Waals surface area contributed by atoms with Crippen molar-refractivity contribution >= 4 is 23.4 Å². The van der Waals surface area contributed by atoms with E-state index in [9.17, 15) is 0 Å². The molecule has 0 aliphatic rings. The van der Waals surface area contributed by atoms with Gasteiger partial charge in [-0.3, -0.25) is 9.11 Å². The highest BCUT2D eigenvalue weighted by Gasteiger charge is 2.10. The summed E-state index contributed by atoms with van der Waals surface area (Å²) in [5.41, 5.74) is 5.91. The molecule has 0 amide bonds. The quantitative estimate of drug-likeness (QED) is 0.254. The van der Waals surface area contributed by atoms with E-state index >= 15 is 0 Å². The average molecular weight is 251 g/mol. The molecule has 0 bridgehead atoms. The third kappa shape index (κ3) is 10.8. The van der Waals surface area contributed by atoms with Crippen LogP contribution in [-0.4, -0.2) is 34.9 Å². The molecule has 16 heavy (non-hydrogen) atoms. The van der Waals surface area contributed by atoms with Crippen molar-refractivity contribution in [1.29, 1.82) is 0 Å². The Morgan fingerprint density at radius 1 is 1.25 bits per heavy atom. The second kappa shape index (κ2) is 6.30. The van der Waals surface area contributed by atoms with E-state index in [2.05, 4.69) is 4.65 Å². The van der Waals surface area contributed by atoms with Crippen LogP contribution in [0.15, 0.2) is 24.3 Å². The lowest BCUT2D eigenvalue weighted by atomic mass is 10.2. The van der Waals surface area contributed by atoms with Crippen LogP contribution >= 0.6 is 0 Å². The van der Waals surface area contributed by atoms with Crippen molar-refractivity contribution in [3.63, 3.8) is 0 Å². The molecule has 6 N–H and O–H groups in total. The number of hydrogen-bond donors (Lipinski definition) is 5. The Hall–Kier alpha value is -1.33. The van der Waals surface area contributed by atoms with Crippen LogP contribution < -0.4 is 10.4 Å². The molecule has 10 heteroatoms. The van der Waals surface area contributed by atoms with Crippen LogP contribution in [0.1, 0.15) is 0 Å². The first-order valence-corrected chi connectivity index (χ1v) is 5.16. The van der Waals surface area contributed by atoms with Gasteiger partial charge in [0.25, 0.3) is 0 Å². The minimum absolute atomic E-state index is 0.333. The predicted molar refractivity (Wildman–Crippen MR) is 55.9 cm³/mol. The Kier molecular flexibility index (Phi) is 5.78. The fourth-order valence-corrected chi connectivity index (χ4v) is 0.710. The maximum absolute atomic E-state index is 8.74. The molecule has 0 saturated carbocycles. The monoisotopic (exact) mass is 251 g/mol. The Balaban J connectivity index is 0.000000385. The van der Waals surface area contributed by atoms with E-state index in [1.165, 1.54) is 6.07 Å². The highest BCUT2D eigenvalue weighted by Crippen LogP contribution is 2.14. The lowest BCUT2D eigenvalue weighted by Crippen LogP contribution is -2.20. The predicted octanol–water partition coefficient (Wildman–Crippen LogP) is -1.04. The molecule has 0 unspecified atom stereocenters. The minimum atomic E-state index is -4.67. The lowest BCUT2D eigenvalue weighted by Gasteiger charge is -2.03. The van der Waals surface area contributed by atoms with Gasteiger partial charge in [-0.15, -0.1) is 0 Å². The standard InChI is InChI=1S/C6H8BNO3.H2O4S/c8-5-2-1-3-6(4-5)11-7(9)10;1-5(2,3)4/h1-4,9-10H,8H2;(H2,1,2,3,4). The topological polar surface area (TPSA) is 150 Å². The van der Waals surface area contributed by atoms with Crippen molar-refractivity contribution < 1.29 is 32.2 Å². The molecular formula is C6H10BNO7S. The fourth-order valence-electron chi connectivity index (χ4n) is 0.710. The summed E-state index contributed by atoms with van der Waals surface area (Å²) >= 11 is 0. The van der Waals surface area contributed by atoms with Gasteiger partial charge in [-0.2, -0.15) is 8.42 Å². The van der Waals surface area contributed by atoms with E-state index < -0.39 is 17.7 Å². The van der Waals surface area contributed by atoms with Gasteiger partial charge in [-0.1, -0.05) is 6.07 Å². The van der Waals surface area contributed by atoms with E-state index in [0.717, 1.165) is 0 Å². The molecule has 1 aromatic rings. The first-order valence-electron chi connectivity index (χ1n) is 3.76. The molecule has 0 atom stereocenters. The van der Waals surface area contributed by atoms with Gasteiger partial charge in [0.1, 0.15) is 5.75 Å². The van der Waals surface area contributed by atoms with Crippen molar-refractivity contribution in [2.24, 2.45) is 0 Å². The number of benzene rings is 1. The Labute approximate surface area is 92.0 Å². The van der Waals surface area contributed by atoms with Crippen molar-refractivity contribution in [2.75, 3.05) is 5.73 Å². The van der Waals surface area contributed by atoms with E-state index in [-0.39, 0.29) is 0 Å². The van der Waals surface area contributed by atoms with Crippen LogP contribution in [0.2, 0.25) is 0 Å². The molecule has 0 aliphatic heterocycles. The summed E-state index contributed by atoms with van der Waals surface area (Å²) in [4.78, 5) is 0. The van der Waals surface area contributed by atoms with E-state index in [1.54, 1.807) is 18.2 Å². The summed E-state index contributed by atoms with van der Waals surface area (Å²) in [5, 5.41) is 16.8. The largest absolute Gasteiger partial charge is 0.707 e. The molecule has 1 rings (SSSR count). The molecular weight excluding hydrogens is 241 g/mol. The molecule has 1 aromatic carbocycles. The summed E-state index contributed by atoms with van der Waals surface area (Å²) in [6.07, 6.45) is 0. The van der Waals surface area contributed by atoms with Gasteiger partial charge >= 0.3 is 17.7 Å². The first-order chi connectivity index (χ1) is 7.18. The maximum Gasteiger partial charge on any atom is 0.707 e. The van der Waals surface area contributed by atoms with Crippen molar-refractivity contribution in [1.82, 2.24) is 0 Å². The highest BCUT2D eigenvalue weighted by atomic mass is 32.3. The smallest absolute Gasteiger partial charge is 0.512 e. The van der Waals surface area contributed by atoms with E-state index in [4.69, 9.17) is 33.3 Å². The second-order valence-corrected chi connectivity index (χ2v) is 3.36. The zero-order valence-electron chi connectivity index (χ0n) is 7.89. The van der Waals surface area contributed by atoms with Crippen molar-refractivity contribution in [2.45, 2.75) is 0 Å². The summed E-state index contributed by atoms with van der Waals surface area (Å²) in [6.45, 7) is 0. The first kappa shape index (κ1) is 14.7. The lowest BCUT2D eigenvalue weighted by molar-refractivity contribution is 0.288. The van der Waals surface area contributed by atoms with Crippen LogP contribution in [0, 0.1) is 0 Å². The van der Waals surface area contributed by atoms with E-state index in [1.807, 2.05) is 0 Å². The number of nitrogens with two attached hydrogens (primary N) is 1. The summed E-state index contributed by atoms with van der Waals surface area (Å²) in [5.74, 6) is 0.333. The molecule has 0 aliphatic carbocycles. The molecule has 0 spiro atoms. The molecule has 90 valence electrons. The summed E-state index contributed by atoms with van der Waals surface area (Å²) < 4.78 is 36.1. The van der Waals surface area contributed by atoms with Crippen LogP contribution in [-0.2, 0) is 10.4 Å². The van der Waals surface area contributed by atoms with Crippen LogP contribution in [0.3, 0.4) is 0 Å². The summed E-state index contributed by atoms with van der Waals surface area (Å²) in [6, 6.07) is 6.42. The van der Waals surface area contributed by atoms with Gasteiger partial charge in [0.2, 0.25) is 0 Å². The minimum Gasteiger partial charge on any atom is -0.512 e. The van der Waals surface area contributed by atoms with Gasteiger partial charge in [0, 0.05) is 11.8 Å². The highest BCUT2D eigenvalue weighted by molar-refractivity contribution is 7.79. The van der Waals surface area contributed by atoms with Gasteiger partial charge < -0.3 is 20.4 Å². The number of rotatable bonds is 2. The van der Waals surface area contributed by atoms with Crippen LogP contribution in [0.25, 0.3) is 0 Å². The number of nitrogen functional groups attached to an aromatic ring is 1. The molecule has 0 aromatic heterocycles. The Morgan fingerprint density at radius 3 is 2.12 bits per heavy atom. The fraction of sp³-hybridized carbons (Fsp3) is 0. The van der Waals surface area contributed by atoms with Gasteiger partial charge in [0.05, 0.1) is 0 Å². The molecule has 0 radical (unpaired) electrons. The zero-order valence-corrected chi connectivity index (χ0v) is 8.70. The third-order valence-electron chi connectivity index (χ3n) is 1.10. The van der Waals surface area contributed by atoms with Crippen molar-refractivity contribution in [3.8, 4) is 5.75 Å². The van der Waals surface area contributed by atoms with Crippen LogP contribution in [0.4, 0.5) is 5.69 Å². The molecule has 0 fully saturated rings. The maximum atomic E-state index is 8.74. The van der Waals surface area contributed by atoms with Gasteiger partial charge in [0.15, 0.2) is 0 Å². The van der Waals surface area contributed by atoms with Crippen LogP contribution in [0.5, 0.6) is 5.75 Å². The van der Waals surface area contributed by atoms with Gasteiger partial charge in [-0.05, 0) is 12.1 Å².